The molecule has 18 heavy (non-hydrogen) atoms. The summed E-state index contributed by atoms with van der Waals surface area (Å²) < 4.78 is 4.12. The molecule has 0 unspecified atom stereocenters. The van der Waals surface area contributed by atoms with Gasteiger partial charge in [0.25, 0.3) is 0 Å². The zero-order chi connectivity index (χ0) is 13.5. The zero-order valence-electron chi connectivity index (χ0n) is 11.8. The number of hydrogen-bond donors (Lipinski definition) is 0. The summed E-state index contributed by atoms with van der Waals surface area (Å²) in [5, 5.41) is 4.43. The van der Waals surface area contributed by atoms with Gasteiger partial charge in [0.2, 0.25) is 0 Å². The van der Waals surface area contributed by atoms with Crippen LogP contribution in [-0.4, -0.2) is 19.3 Å². The van der Waals surface area contributed by atoms with E-state index in [0.717, 1.165) is 35.6 Å². The SMILES string of the molecule is CCC(C)(C)Cn1c(CCl)nc2c(C)nn(C)c21. The van der Waals surface area contributed by atoms with Crippen LogP contribution in [0.2, 0.25) is 0 Å². The molecule has 2 aromatic heterocycles. The topological polar surface area (TPSA) is 35.6 Å². The van der Waals surface area contributed by atoms with Crippen molar-refractivity contribution >= 4 is 22.8 Å². The van der Waals surface area contributed by atoms with Gasteiger partial charge in [-0.05, 0) is 18.8 Å². The molecule has 0 aliphatic heterocycles. The molecule has 5 heteroatoms. The average molecular weight is 269 g/mol. The van der Waals surface area contributed by atoms with Crippen molar-refractivity contribution in [1.82, 2.24) is 19.3 Å². The van der Waals surface area contributed by atoms with Crippen LogP contribution in [0.25, 0.3) is 11.2 Å². The van der Waals surface area contributed by atoms with Crippen molar-refractivity contribution in [3.8, 4) is 0 Å². The molecule has 0 N–H and O–H groups in total. The lowest BCUT2D eigenvalue weighted by molar-refractivity contribution is 0.293. The first-order valence-electron chi connectivity index (χ1n) is 6.34. The van der Waals surface area contributed by atoms with Crippen LogP contribution in [0.4, 0.5) is 0 Å². The number of aryl methyl sites for hydroxylation is 2. The second-order valence-corrected chi connectivity index (χ2v) is 5.91. The lowest BCUT2D eigenvalue weighted by Gasteiger charge is -2.24. The fourth-order valence-electron chi connectivity index (χ4n) is 2.19. The standard InChI is InChI=1S/C13H21ClN4/c1-6-13(3,4)8-18-10(7-14)15-11-9(2)16-17(5)12(11)18/h6-8H2,1-5H3. The summed E-state index contributed by atoms with van der Waals surface area (Å²) in [6.07, 6.45) is 1.12. The highest BCUT2D eigenvalue weighted by Crippen LogP contribution is 2.27. The monoisotopic (exact) mass is 268 g/mol. The van der Waals surface area contributed by atoms with E-state index >= 15 is 0 Å². The summed E-state index contributed by atoms with van der Waals surface area (Å²) in [4.78, 5) is 4.62. The number of rotatable bonds is 4. The van der Waals surface area contributed by atoms with Gasteiger partial charge in [0.15, 0.2) is 5.65 Å². The molecular weight excluding hydrogens is 248 g/mol. The van der Waals surface area contributed by atoms with E-state index in [4.69, 9.17) is 11.6 Å². The molecule has 2 heterocycles. The lowest BCUT2D eigenvalue weighted by Crippen LogP contribution is -2.21. The van der Waals surface area contributed by atoms with Crippen LogP contribution in [-0.2, 0) is 19.5 Å². The highest BCUT2D eigenvalue weighted by molar-refractivity contribution is 6.16. The number of halogens is 1. The Kier molecular flexibility index (Phi) is 3.41. The van der Waals surface area contributed by atoms with Gasteiger partial charge in [-0.15, -0.1) is 11.6 Å². The molecule has 2 rings (SSSR count). The molecule has 0 aliphatic rings. The van der Waals surface area contributed by atoms with Gasteiger partial charge >= 0.3 is 0 Å². The molecule has 0 fully saturated rings. The Balaban J connectivity index is 2.59. The summed E-state index contributed by atoms with van der Waals surface area (Å²) in [7, 11) is 1.96. The lowest BCUT2D eigenvalue weighted by atomic mass is 9.90. The van der Waals surface area contributed by atoms with E-state index < -0.39 is 0 Å². The van der Waals surface area contributed by atoms with Gasteiger partial charge < -0.3 is 4.57 Å². The van der Waals surface area contributed by atoms with E-state index in [1.165, 1.54) is 0 Å². The van der Waals surface area contributed by atoms with Crippen LogP contribution in [0.15, 0.2) is 0 Å². The average Bonchev–Trinajstić information content (AvgIpc) is 2.79. The van der Waals surface area contributed by atoms with Crippen molar-refractivity contribution in [3.05, 3.63) is 11.5 Å². The highest BCUT2D eigenvalue weighted by Gasteiger charge is 2.22. The van der Waals surface area contributed by atoms with E-state index in [9.17, 15) is 0 Å². The van der Waals surface area contributed by atoms with Gasteiger partial charge in [-0.2, -0.15) is 5.10 Å². The second-order valence-electron chi connectivity index (χ2n) is 5.65. The summed E-state index contributed by atoms with van der Waals surface area (Å²) in [5.74, 6) is 1.37. The van der Waals surface area contributed by atoms with E-state index in [-0.39, 0.29) is 5.41 Å². The van der Waals surface area contributed by atoms with Gasteiger partial charge in [0.05, 0.1) is 11.6 Å². The molecule has 0 aliphatic carbocycles. The minimum atomic E-state index is 0.229. The molecule has 0 saturated carbocycles. The summed E-state index contributed by atoms with van der Waals surface area (Å²) in [5.41, 5.74) is 3.24. The zero-order valence-corrected chi connectivity index (χ0v) is 12.5. The quantitative estimate of drug-likeness (QED) is 0.798. The molecular formula is C13H21ClN4. The molecule has 0 radical (unpaired) electrons. The molecule has 0 bridgehead atoms. The largest absolute Gasteiger partial charge is 0.311 e. The van der Waals surface area contributed by atoms with Gasteiger partial charge in [-0.3, -0.25) is 4.68 Å². The minimum Gasteiger partial charge on any atom is -0.311 e. The number of imidazole rings is 1. The smallest absolute Gasteiger partial charge is 0.158 e. The van der Waals surface area contributed by atoms with E-state index in [2.05, 4.69) is 35.4 Å². The number of alkyl halides is 1. The Morgan fingerprint density at radius 3 is 2.56 bits per heavy atom. The van der Waals surface area contributed by atoms with E-state index in [0.29, 0.717) is 5.88 Å². The molecule has 2 aromatic rings. The van der Waals surface area contributed by atoms with Crippen LogP contribution in [0, 0.1) is 12.3 Å². The third-order valence-electron chi connectivity index (χ3n) is 3.63. The molecule has 4 nitrogen and oxygen atoms in total. The molecule has 0 spiro atoms. The number of hydrogen-bond acceptors (Lipinski definition) is 2. The number of aromatic nitrogens is 4. The maximum Gasteiger partial charge on any atom is 0.158 e. The third-order valence-corrected chi connectivity index (χ3v) is 3.87. The molecule has 0 aromatic carbocycles. The van der Waals surface area contributed by atoms with Gasteiger partial charge in [-0.1, -0.05) is 20.8 Å². The second kappa shape index (κ2) is 4.57. The van der Waals surface area contributed by atoms with Crippen molar-refractivity contribution in [2.45, 2.75) is 46.5 Å². The summed E-state index contributed by atoms with van der Waals surface area (Å²) in [6.45, 7) is 9.65. The van der Waals surface area contributed by atoms with E-state index in [1.807, 2.05) is 18.7 Å². The van der Waals surface area contributed by atoms with Crippen LogP contribution >= 0.6 is 11.6 Å². The van der Waals surface area contributed by atoms with Crippen LogP contribution in [0.1, 0.15) is 38.7 Å². The summed E-state index contributed by atoms with van der Waals surface area (Å²) in [6, 6.07) is 0. The van der Waals surface area contributed by atoms with Crippen molar-refractivity contribution in [3.63, 3.8) is 0 Å². The first-order valence-corrected chi connectivity index (χ1v) is 6.87. The highest BCUT2D eigenvalue weighted by atomic mass is 35.5. The first kappa shape index (κ1) is 13.4. The van der Waals surface area contributed by atoms with Crippen LogP contribution in [0.5, 0.6) is 0 Å². The predicted octanol–water partition coefficient (Wildman–Crippen LogP) is 3.25. The Bertz CT molecular complexity index is 565. The molecule has 0 amide bonds. The van der Waals surface area contributed by atoms with E-state index in [1.54, 1.807) is 0 Å². The van der Waals surface area contributed by atoms with Crippen molar-refractivity contribution in [1.29, 1.82) is 0 Å². The van der Waals surface area contributed by atoms with Crippen molar-refractivity contribution in [2.75, 3.05) is 0 Å². The molecule has 100 valence electrons. The summed E-state index contributed by atoms with van der Waals surface area (Å²) >= 11 is 6.02. The van der Waals surface area contributed by atoms with Gasteiger partial charge in [0.1, 0.15) is 11.3 Å². The first-order chi connectivity index (χ1) is 8.39. The van der Waals surface area contributed by atoms with Gasteiger partial charge in [0, 0.05) is 13.6 Å². The van der Waals surface area contributed by atoms with Crippen molar-refractivity contribution < 1.29 is 0 Å². The van der Waals surface area contributed by atoms with Crippen LogP contribution in [0.3, 0.4) is 0 Å². The maximum atomic E-state index is 6.02. The minimum absolute atomic E-state index is 0.229. The Hall–Kier alpha value is -1.03. The molecule has 0 saturated heterocycles. The van der Waals surface area contributed by atoms with Gasteiger partial charge in [-0.25, -0.2) is 4.98 Å². The number of fused-ring (bicyclic) bond motifs is 1. The molecule has 0 atom stereocenters. The Morgan fingerprint density at radius 1 is 1.33 bits per heavy atom. The Morgan fingerprint density at radius 2 is 2.00 bits per heavy atom. The van der Waals surface area contributed by atoms with Crippen molar-refractivity contribution in [2.24, 2.45) is 12.5 Å². The Labute approximate surface area is 113 Å². The number of nitrogens with zero attached hydrogens (tertiary/aromatic N) is 4. The maximum absolute atomic E-state index is 6.02. The fraction of sp³-hybridized carbons (Fsp3) is 0.692. The normalized spacial score (nSPS) is 12.6. The fourth-order valence-corrected chi connectivity index (χ4v) is 2.39. The third kappa shape index (κ3) is 2.14. The van der Waals surface area contributed by atoms with Crippen LogP contribution < -0.4 is 0 Å². The predicted molar refractivity (Wildman–Crippen MR) is 74.9 cm³/mol.